The maximum Gasteiger partial charge on any atom is 0.313 e. The van der Waals surface area contributed by atoms with Crippen LogP contribution in [0, 0.1) is 5.82 Å². The third kappa shape index (κ3) is 3.82. The van der Waals surface area contributed by atoms with Gasteiger partial charge in [-0.2, -0.15) is 0 Å². The number of aromatic nitrogens is 1. The summed E-state index contributed by atoms with van der Waals surface area (Å²) < 4.78 is 18.2. The highest BCUT2D eigenvalue weighted by atomic mass is 19.1. The molecule has 7 heteroatoms. The van der Waals surface area contributed by atoms with Gasteiger partial charge in [0.05, 0.1) is 13.7 Å². The number of carbonyl (C=O) groups is 2. The molecule has 0 aliphatic heterocycles. The van der Waals surface area contributed by atoms with Crippen molar-refractivity contribution in [2.45, 2.75) is 6.54 Å². The number of carbonyl (C=O) groups excluding carboxylic acids is 2. The van der Waals surface area contributed by atoms with Crippen molar-refractivity contribution in [1.29, 1.82) is 0 Å². The fourth-order valence-electron chi connectivity index (χ4n) is 1.67. The maximum atomic E-state index is 13.5. The van der Waals surface area contributed by atoms with E-state index in [9.17, 15) is 14.0 Å². The second-order valence-electron chi connectivity index (χ2n) is 4.18. The van der Waals surface area contributed by atoms with Gasteiger partial charge in [0.1, 0.15) is 0 Å². The molecule has 2 rings (SSSR count). The number of methoxy groups -OCH3 is 1. The normalized spacial score (nSPS) is 10.0. The second kappa shape index (κ2) is 6.56. The smallest absolute Gasteiger partial charge is 0.313 e. The fourth-order valence-corrected chi connectivity index (χ4v) is 1.67. The van der Waals surface area contributed by atoms with Gasteiger partial charge in [0, 0.05) is 23.6 Å². The largest absolute Gasteiger partial charge is 0.494 e. The first-order valence-electron chi connectivity index (χ1n) is 6.15. The molecule has 0 fully saturated rings. The molecule has 1 aromatic heterocycles. The molecule has 2 amide bonds. The molecular weight excluding hydrogens is 277 g/mol. The Kier molecular flexibility index (Phi) is 4.55. The lowest BCUT2D eigenvalue weighted by atomic mass is 10.3. The minimum absolute atomic E-state index is 0.0594. The van der Waals surface area contributed by atoms with Crippen LogP contribution < -0.4 is 15.4 Å². The maximum absolute atomic E-state index is 13.5. The molecule has 0 saturated heterocycles. The van der Waals surface area contributed by atoms with Gasteiger partial charge in [0.2, 0.25) is 0 Å². The highest BCUT2D eigenvalue weighted by Crippen LogP contribution is 2.20. The molecule has 3 N–H and O–H groups in total. The summed E-state index contributed by atoms with van der Waals surface area (Å²) in [6.07, 6.45) is 1.71. The fraction of sp³-hybridized carbons (Fsp3) is 0.143. The van der Waals surface area contributed by atoms with Crippen LogP contribution in [0.5, 0.6) is 5.75 Å². The van der Waals surface area contributed by atoms with E-state index < -0.39 is 17.6 Å². The number of amides is 2. The zero-order valence-corrected chi connectivity index (χ0v) is 11.3. The van der Waals surface area contributed by atoms with Crippen LogP contribution in [0.4, 0.5) is 10.1 Å². The molecule has 0 radical (unpaired) electrons. The Morgan fingerprint density at radius 2 is 2.10 bits per heavy atom. The van der Waals surface area contributed by atoms with Crippen LogP contribution in [0.2, 0.25) is 0 Å². The summed E-state index contributed by atoms with van der Waals surface area (Å²) in [6.45, 7) is 0.205. The monoisotopic (exact) mass is 291 g/mol. The summed E-state index contributed by atoms with van der Waals surface area (Å²) in [5.41, 5.74) is 0.944. The van der Waals surface area contributed by atoms with Gasteiger partial charge >= 0.3 is 11.8 Å². The lowest BCUT2D eigenvalue weighted by Gasteiger charge is -2.07. The summed E-state index contributed by atoms with van der Waals surface area (Å²) in [5.74, 6) is -2.24. The van der Waals surface area contributed by atoms with E-state index in [1.165, 1.54) is 19.2 Å². The second-order valence-corrected chi connectivity index (χ2v) is 4.18. The molecule has 0 spiro atoms. The van der Waals surface area contributed by atoms with Crippen molar-refractivity contribution in [3.8, 4) is 5.75 Å². The van der Waals surface area contributed by atoms with Crippen molar-refractivity contribution < 1.29 is 18.7 Å². The SMILES string of the molecule is COc1ccc(NC(=O)C(=O)NCc2ccc[nH]2)cc1F. The van der Waals surface area contributed by atoms with E-state index in [4.69, 9.17) is 4.74 Å². The Labute approximate surface area is 120 Å². The zero-order chi connectivity index (χ0) is 15.2. The molecule has 110 valence electrons. The minimum Gasteiger partial charge on any atom is -0.494 e. The van der Waals surface area contributed by atoms with E-state index in [1.807, 2.05) is 0 Å². The van der Waals surface area contributed by atoms with E-state index >= 15 is 0 Å². The first-order chi connectivity index (χ1) is 10.1. The molecule has 0 bridgehead atoms. The zero-order valence-electron chi connectivity index (χ0n) is 11.3. The standard InChI is InChI=1S/C14H14FN3O3/c1-21-12-5-4-9(7-11(12)15)18-14(20)13(19)17-8-10-3-2-6-16-10/h2-7,16H,8H2,1H3,(H,17,19)(H,18,20). The molecule has 21 heavy (non-hydrogen) atoms. The Bertz CT molecular complexity index is 641. The molecular formula is C14H14FN3O3. The van der Waals surface area contributed by atoms with E-state index in [0.717, 1.165) is 11.8 Å². The van der Waals surface area contributed by atoms with Gasteiger partial charge in [-0.1, -0.05) is 0 Å². The Balaban J connectivity index is 1.91. The van der Waals surface area contributed by atoms with E-state index in [1.54, 1.807) is 18.3 Å². The van der Waals surface area contributed by atoms with Gasteiger partial charge in [0.25, 0.3) is 0 Å². The van der Waals surface area contributed by atoms with E-state index in [-0.39, 0.29) is 18.0 Å². The van der Waals surface area contributed by atoms with Crippen LogP contribution in [0.25, 0.3) is 0 Å². The molecule has 0 aliphatic carbocycles. The van der Waals surface area contributed by atoms with Gasteiger partial charge in [-0.15, -0.1) is 0 Å². The Hall–Kier alpha value is -2.83. The van der Waals surface area contributed by atoms with E-state index in [2.05, 4.69) is 15.6 Å². The molecule has 0 unspecified atom stereocenters. The highest BCUT2D eigenvalue weighted by molar-refractivity contribution is 6.39. The van der Waals surface area contributed by atoms with Crippen LogP contribution in [0.15, 0.2) is 36.5 Å². The van der Waals surface area contributed by atoms with Crippen LogP contribution in [-0.2, 0) is 16.1 Å². The molecule has 0 saturated carbocycles. The number of hydrogen-bond donors (Lipinski definition) is 3. The molecule has 6 nitrogen and oxygen atoms in total. The van der Waals surface area contributed by atoms with Crippen molar-refractivity contribution in [3.63, 3.8) is 0 Å². The topological polar surface area (TPSA) is 83.2 Å². The van der Waals surface area contributed by atoms with Crippen LogP contribution in [0.1, 0.15) is 5.69 Å². The van der Waals surface area contributed by atoms with E-state index in [0.29, 0.717) is 0 Å². The van der Waals surface area contributed by atoms with Crippen LogP contribution >= 0.6 is 0 Å². The van der Waals surface area contributed by atoms with Crippen LogP contribution in [-0.4, -0.2) is 23.9 Å². The van der Waals surface area contributed by atoms with Gasteiger partial charge in [0.15, 0.2) is 11.6 Å². The number of rotatable bonds is 4. The first kappa shape index (κ1) is 14.6. The molecule has 1 heterocycles. The van der Waals surface area contributed by atoms with Crippen molar-refractivity contribution in [2.24, 2.45) is 0 Å². The highest BCUT2D eigenvalue weighted by Gasteiger charge is 2.14. The summed E-state index contributed by atoms with van der Waals surface area (Å²) in [7, 11) is 1.34. The quantitative estimate of drug-likeness (QED) is 0.745. The summed E-state index contributed by atoms with van der Waals surface area (Å²) in [6, 6.07) is 7.44. The van der Waals surface area contributed by atoms with Crippen LogP contribution in [0.3, 0.4) is 0 Å². The van der Waals surface area contributed by atoms with Crippen molar-refractivity contribution in [1.82, 2.24) is 10.3 Å². The third-order valence-corrected chi connectivity index (χ3v) is 2.72. The van der Waals surface area contributed by atoms with Crippen molar-refractivity contribution in [3.05, 3.63) is 48.0 Å². The number of nitrogens with one attached hydrogen (secondary N) is 3. The molecule has 0 atom stereocenters. The third-order valence-electron chi connectivity index (χ3n) is 2.72. The number of halogens is 1. The minimum atomic E-state index is -0.869. The van der Waals surface area contributed by atoms with Crippen molar-refractivity contribution in [2.75, 3.05) is 12.4 Å². The van der Waals surface area contributed by atoms with Gasteiger partial charge < -0.3 is 20.4 Å². The number of hydrogen-bond acceptors (Lipinski definition) is 3. The lowest BCUT2D eigenvalue weighted by molar-refractivity contribution is -0.136. The average molecular weight is 291 g/mol. The first-order valence-corrected chi connectivity index (χ1v) is 6.15. The van der Waals surface area contributed by atoms with Gasteiger partial charge in [-0.3, -0.25) is 9.59 Å². The number of aromatic amines is 1. The molecule has 1 aromatic carbocycles. The van der Waals surface area contributed by atoms with Crippen molar-refractivity contribution >= 4 is 17.5 Å². The summed E-state index contributed by atoms with van der Waals surface area (Å²) >= 11 is 0. The Morgan fingerprint density at radius 3 is 2.71 bits per heavy atom. The predicted octanol–water partition coefficient (Wildman–Crippen LogP) is 1.42. The van der Waals surface area contributed by atoms with Gasteiger partial charge in [-0.05, 0) is 24.3 Å². The average Bonchev–Trinajstić information content (AvgIpc) is 2.98. The number of benzene rings is 1. The lowest BCUT2D eigenvalue weighted by Crippen LogP contribution is -2.35. The number of ether oxygens (including phenoxy) is 1. The summed E-state index contributed by atoms with van der Waals surface area (Å²) in [5, 5.41) is 4.75. The number of H-pyrrole nitrogens is 1. The molecule has 0 aliphatic rings. The Morgan fingerprint density at radius 1 is 1.29 bits per heavy atom. The predicted molar refractivity (Wildman–Crippen MR) is 74.2 cm³/mol. The summed E-state index contributed by atoms with van der Waals surface area (Å²) in [4.78, 5) is 26.1. The number of anilines is 1. The van der Waals surface area contributed by atoms with Gasteiger partial charge in [-0.25, -0.2) is 4.39 Å². The molecule has 2 aromatic rings.